The van der Waals surface area contributed by atoms with Crippen LogP contribution in [0.5, 0.6) is 0 Å². The second-order valence-corrected chi connectivity index (χ2v) is 9.37. The van der Waals surface area contributed by atoms with E-state index in [1.807, 2.05) is 63.2 Å². The highest BCUT2D eigenvalue weighted by atomic mass is 32.1. The van der Waals surface area contributed by atoms with Gasteiger partial charge in [0.2, 0.25) is 0 Å². The molecule has 0 aliphatic carbocycles. The van der Waals surface area contributed by atoms with Gasteiger partial charge < -0.3 is 9.42 Å². The molecule has 0 radical (unpaired) electrons. The molecule has 0 saturated carbocycles. The van der Waals surface area contributed by atoms with Gasteiger partial charge in [-0.3, -0.25) is 4.57 Å². The molecule has 1 N–H and O–H groups in total. The second-order valence-electron chi connectivity index (χ2n) is 6.53. The Bertz CT molecular complexity index is 871. The Labute approximate surface area is 152 Å². The second kappa shape index (κ2) is 7.38. The molecular weight excluding hydrogens is 353 g/mol. The Morgan fingerprint density at radius 3 is 2.44 bits per heavy atom. The van der Waals surface area contributed by atoms with Crippen LogP contribution >= 0.6 is 18.9 Å². The van der Waals surface area contributed by atoms with E-state index in [2.05, 4.69) is 11.1 Å². The molecule has 0 spiro atoms. The Hall–Kier alpha value is -1.52. The van der Waals surface area contributed by atoms with Crippen molar-refractivity contribution in [3.63, 3.8) is 0 Å². The lowest BCUT2D eigenvalue weighted by Crippen LogP contribution is -2.14. The van der Waals surface area contributed by atoms with Gasteiger partial charge >= 0.3 is 7.60 Å². The SMILES string of the molecule is CC(C)C(C)OP(=O)(O)Cc1ccc(-c2nc3ccccc3s2)cc1. The summed E-state index contributed by atoms with van der Waals surface area (Å²) in [6, 6.07) is 15.7. The molecule has 6 heteroatoms. The molecule has 132 valence electrons. The van der Waals surface area contributed by atoms with Crippen LogP contribution in [0.15, 0.2) is 48.5 Å². The number of hydrogen-bond acceptors (Lipinski definition) is 4. The molecule has 3 aromatic rings. The van der Waals surface area contributed by atoms with Gasteiger partial charge in [0.05, 0.1) is 22.5 Å². The summed E-state index contributed by atoms with van der Waals surface area (Å²) in [5.41, 5.74) is 2.78. The Morgan fingerprint density at radius 2 is 1.80 bits per heavy atom. The van der Waals surface area contributed by atoms with Crippen molar-refractivity contribution in [2.45, 2.75) is 33.0 Å². The molecule has 0 bridgehead atoms. The van der Waals surface area contributed by atoms with Gasteiger partial charge in [0.1, 0.15) is 5.01 Å². The average Bonchev–Trinajstić information content (AvgIpc) is 2.98. The van der Waals surface area contributed by atoms with Crippen LogP contribution in [0.2, 0.25) is 0 Å². The van der Waals surface area contributed by atoms with Crippen molar-refractivity contribution in [2.75, 3.05) is 0 Å². The van der Waals surface area contributed by atoms with E-state index in [0.29, 0.717) is 0 Å². The average molecular weight is 375 g/mol. The zero-order chi connectivity index (χ0) is 18.0. The summed E-state index contributed by atoms with van der Waals surface area (Å²) >= 11 is 1.64. The van der Waals surface area contributed by atoms with E-state index in [-0.39, 0.29) is 18.2 Å². The molecule has 2 atom stereocenters. The van der Waals surface area contributed by atoms with Gasteiger partial charge in [-0.25, -0.2) is 4.98 Å². The number of rotatable bonds is 6. The normalized spacial score (nSPS) is 15.4. The predicted octanol–water partition coefficient (Wildman–Crippen LogP) is 5.71. The summed E-state index contributed by atoms with van der Waals surface area (Å²) in [7, 11) is -3.65. The van der Waals surface area contributed by atoms with Crippen LogP contribution in [-0.2, 0) is 15.3 Å². The number of thiazole rings is 1. The smallest absolute Gasteiger partial charge is 0.324 e. The first-order valence-electron chi connectivity index (χ1n) is 8.29. The van der Waals surface area contributed by atoms with Crippen molar-refractivity contribution in [1.82, 2.24) is 4.98 Å². The topological polar surface area (TPSA) is 59.4 Å². The molecule has 0 saturated heterocycles. The molecule has 0 fully saturated rings. The molecular formula is C19H22NO3PS. The lowest BCUT2D eigenvalue weighted by atomic mass is 10.1. The Balaban J connectivity index is 1.74. The molecule has 0 aliphatic rings. The van der Waals surface area contributed by atoms with Crippen molar-refractivity contribution in [1.29, 1.82) is 0 Å². The minimum absolute atomic E-state index is 0.0180. The minimum atomic E-state index is -3.65. The van der Waals surface area contributed by atoms with Crippen LogP contribution in [0.25, 0.3) is 20.8 Å². The quantitative estimate of drug-likeness (QED) is 0.561. The maximum absolute atomic E-state index is 12.3. The van der Waals surface area contributed by atoms with E-state index in [1.165, 1.54) is 0 Å². The third kappa shape index (κ3) is 4.56. The predicted molar refractivity (Wildman–Crippen MR) is 104 cm³/mol. The third-order valence-corrected chi connectivity index (χ3v) is 6.66. The van der Waals surface area contributed by atoms with Crippen LogP contribution in [-0.4, -0.2) is 16.0 Å². The third-order valence-electron chi connectivity index (χ3n) is 4.15. The zero-order valence-corrected chi connectivity index (χ0v) is 16.3. The summed E-state index contributed by atoms with van der Waals surface area (Å²) in [6.45, 7) is 5.76. The molecule has 25 heavy (non-hydrogen) atoms. The Kier molecular flexibility index (Phi) is 5.40. The van der Waals surface area contributed by atoms with Gasteiger partial charge in [0.15, 0.2) is 0 Å². The fourth-order valence-corrected chi connectivity index (χ4v) is 4.88. The van der Waals surface area contributed by atoms with Gasteiger partial charge in [-0.05, 0) is 30.5 Å². The molecule has 0 aliphatic heterocycles. The van der Waals surface area contributed by atoms with Gasteiger partial charge in [-0.15, -0.1) is 11.3 Å². The first kappa shape index (κ1) is 18.3. The number of nitrogens with zero attached hydrogens (tertiary/aromatic N) is 1. The fourth-order valence-electron chi connectivity index (χ4n) is 2.40. The number of hydrogen-bond donors (Lipinski definition) is 1. The van der Waals surface area contributed by atoms with E-state index in [1.54, 1.807) is 11.3 Å². The molecule has 0 amide bonds. The highest BCUT2D eigenvalue weighted by molar-refractivity contribution is 7.52. The van der Waals surface area contributed by atoms with Crippen molar-refractivity contribution in [3.05, 3.63) is 54.1 Å². The first-order valence-corrected chi connectivity index (χ1v) is 10.9. The fraction of sp³-hybridized carbons (Fsp3) is 0.316. The lowest BCUT2D eigenvalue weighted by molar-refractivity contribution is 0.147. The van der Waals surface area contributed by atoms with E-state index in [9.17, 15) is 9.46 Å². The zero-order valence-electron chi connectivity index (χ0n) is 14.5. The highest BCUT2D eigenvalue weighted by Gasteiger charge is 2.24. The van der Waals surface area contributed by atoms with Crippen molar-refractivity contribution < 1.29 is 14.0 Å². The van der Waals surface area contributed by atoms with Crippen LogP contribution in [0.3, 0.4) is 0 Å². The van der Waals surface area contributed by atoms with Crippen molar-refractivity contribution in [2.24, 2.45) is 5.92 Å². The highest BCUT2D eigenvalue weighted by Crippen LogP contribution is 2.47. The molecule has 1 aromatic heterocycles. The van der Waals surface area contributed by atoms with Gasteiger partial charge in [0, 0.05) is 5.56 Å². The molecule has 4 nitrogen and oxygen atoms in total. The standard InChI is InChI=1S/C19H22NO3PS/c1-13(2)14(3)23-24(21,22)12-15-8-10-16(11-9-15)19-20-17-6-4-5-7-18(17)25-19/h4-11,13-14H,12H2,1-3H3,(H,21,22). The summed E-state index contributed by atoms with van der Waals surface area (Å²) in [5.74, 6) is 0.196. The van der Waals surface area contributed by atoms with E-state index in [4.69, 9.17) is 4.52 Å². The number of para-hydroxylation sites is 1. The van der Waals surface area contributed by atoms with E-state index in [0.717, 1.165) is 26.4 Å². The van der Waals surface area contributed by atoms with E-state index < -0.39 is 7.60 Å². The van der Waals surface area contributed by atoms with Gasteiger partial charge in [0.25, 0.3) is 0 Å². The maximum Gasteiger partial charge on any atom is 0.332 e. The summed E-state index contributed by atoms with van der Waals surface area (Å²) in [5, 5.41) is 0.949. The minimum Gasteiger partial charge on any atom is -0.324 e. The maximum atomic E-state index is 12.3. The van der Waals surface area contributed by atoms with Gasteiger partial charge in [-0.1, -0.05) is 50.2 Å². The van der Waals surface area contributed by atoms with Crippen LogP contribution in [0.4, 0.5) is 0 Å². The number of aromatic nitrogens is 1. The molecule has 3 rings (SSSR count). The molecule has 2 unspecified atom stereocenters. The Morgan fingerprint density at radius 1 is 1.12 bits per heavy atom. The van der Waals surface area contributed by atoms with Crippen LogP contribution in [0.1, 0.15) is 26.3 Å². The number of fused-ring (bicyclic) bond motifs is 1. The molecule has 2 aromatic carbocycles. The van der Waals surface area contributed by atoms with Crippen molar-refractivity contribution >= 4 is 29.1 Å². The van der Waals surface area contributed by atoms with E-state index >= 15 is 0 Å². The van der Waals surface area contributed by atoms with Gasteiger partial charge in [-0.2, -0.15) is 0 Å². The summed E-state index contributed by atoms with van der Waals surface area (Å²) in [4.78, 5) is 14.7. The summed E-state index contributed by atoms with van der Waals surface area (Å²) < 4.78 is 18.8. The van der Waals surface area contributed by atoms with Crippen LogP contribution in [0, 0.1) is 5.92 Å². The molecule has 1 heterocycles. The summed E-state index contributed by atoms with van der Waals surface area (Å²) in [6.07, 6.45) is -0.234. The lowest BCUT2D eigenvalue weighted by Gasteiger charge is -2.20. The largest absolute Gasteiger partial charge is 0.332 e. The van der Waals surface area contributed by atoms with Crippen molar-refractivity contribution in [3.8, 4) is 10.6 Å². The first-order chi connectivity index (χ1) is 11.8. The van der Waals surface area contributed by atoms with Crippen LogP contribution < -0.4 is 0 Å². The number of benzene rings is 2. The monoisotopic (exact) mass is 375 g/mol.